The Morgan fingerprint density at radius 3 is 2.50 bits per heavy atom. The van der Waals surface area contributed by atoms with Crippen molar-refractivity contribution in [2.45, 2.75) is 26.2 Å². The van der Waals surface area contributed by atoms with Gasteiger partial charge >= 0.3 is 0 Å². The zero-order valence-corrected chi connectivity index (χ0v) is 16.7. The Bertz CT molecular complexity index is 1130. The number of rotatable bonds is 7. The van der Waals surface area contributed by atoms with Crippen LogP contribution in [0.2, 0.25) is 0 Å². The molecule has 0 saturated carbocycles. The van der Waals surface area contributed by atoms with Crippen molar-refractivity contribution in [1.29, 1.82) is 0 Å². The number of nitrogens with one attached hydrogen (secondary N) is 1. The number of carbonyl (C=O) groups is 1. The summed E-state index contributed by atoms with van der Waals surface area (Å²) in [5.74, 6) is -0.514. The Morgan fingerprint density at radius 2 is 1.83 bits per heavy atom. The van der Waals surface area contributed by atoms with Crippen LogP contribution in [0.15, 0.2) is 65.5 Å². The van der Waals surface area contributed by atoms with Gasteiger partial charge in [0.15, 0.2) is 5.69 Å². The average Bonchev–Trinajstić information content (AvgIpc) is 2.75. The summed E-state index contributed by atoms with van der Waals surface area (Å²) in [6.45, 7) is 3.98. The molecule has 1 heterocycles. The minimum absolute atomic E-state index is 0.0954. The molecule has 3 rings (SSSR count). The first kappa shape index (κ1) is 20.9. The van der Waals surface area contributed by atoms with E-state index < -0.39 is 16.3 Å². The van der Waals surface area contributed by atoms with E-state index >= 15 is 0 Å². The number of hydrogen-bond donors (Lipinski definition) is 1. The van der Waals surface area contributed by atoms with Crippen LogP contribution in [0.25, 0.3) is 5.69 Å². The number of para-hydroxylation sites is 2. The number of nitro groups is 1. The van der Waals surface area contributed by atoms with Crippen LogP contribution in [-0.2, 0) is 0 Å². The van der Waals surface area contributed by atoms with Crippen molar-refractivity contribution >= 4 is 11.6 Å². The third kappa shape index (κ3) is 4.43. The molecule has 0 unspecified atom stereocenters. The van der Waals surface area contributed by atoms with Crippen LogP contribution in [0.4, 0.5) is 5.69 Å². The fourth-order valence-electron chi connectivity index (χ4n) is 3.27. The van der Waals surface area contributed by atoms with E-state index in [1.54, 1.807) is 19.1 Å². The molecule has 0 aliphatic rings. The second-order valence-electron chi connectivity index (χ2n) is 6.88. The highest BCUT2D eigenvalue weighted by molar-refractivity contribution is 5.92. The monoisotopic (exact) mass is 406 g/mol. The third-order valence-electron chi connectivity index (χ3n) is 4.90. The third-order valence-corrected chi connectivity index (χ3v) is 4.90. The van der Waals surface area contributed by atoms with Crippen LogP contribution in [0.1, 0.15) is 41.0 Å². The first-order valence-corrected chi connectivity index (χ1v) is 9.60. The number of nitrogens with zero attached hydrogens (tertiary/aromatic N) is 3. The molecule has 0 saturated heterocycles. The Kier molecular flexibility index (Phi) is 6.36. The molecule has 0 radical (unpaired) electrons. The molecule has 1 aromatic heterocycles. The number of amides is 1. The molecule has 1 N–H and O–H groups in total. The smallest absolute Gasteiger partial charge is 0.294 e. The first-order chi connectivity index (χ1) is 14.4. The lowest BCUT2D eigenvalue weighted by Crippen LogP contribution is -2.34. The maximum absolute atomic E-state index is 12.7. The number of aryl methyl sites for hydroxylation is 1. The molecule has 30 heavy (non-hydrogen) atoms. The Morgan fingerprint density at radius 1 is 1.17 bits per heavy atom. The molecular formula is C22H22N4O4. The highest BCUT2D eigenvalue weighted by atomic mass is 16.6. The molecule has 8 nitrogen and oxygen atoms in total. The van der Waals surface area contributed by atoms with Crippen molar-refractivity contribution in [3.05, 3.63) is 98.0 Å². The van der Waals surface area contributed by atoms with Gasteiger partial charge in [-0.3, -0.25) is 19.7 Å². The number of nitro benzene ring substituents is 1. The van der Waals surface area contributed by atoms with E-state index in [0.29, 0.717) is 12.2 Å². The lowest BCUT2D eigenvalue weighted by molar-refractivity contribution is -0.384. The second kappa shape index (κ2) is 9.13. The standard InChI is InChI=1S/C22H22N4O4/c1-3-16(17-9-5-4-6-10-17)14-23-22(28)21-20(27)13-15(2)25(24-21)18-11-7-8-12-19(18)26(29)30/h4-13,16H,3,14H2,1-2H3,(H,23,28)/t16-/m1/s1. The normalized spacial score (nSPS) is 11.7. The van der Waals surface area contributed by atoms with Crippen LogP contribution < -0.4 is 10.7 Å². The summed E-state index contributed by atoms with van der Waals surface area (Å²) in [5, 5.41) is 18.3. The lowest BCUT2D eigenvalue weighted by Gasteiger charge is -2.16. The van der Waals surface area contributed by atoms with Gasteiger partial charge in [-0.1, -0.05) is 49.4 Å². The van der Waals surface area contributed by atoms with Gasteiger partial charge in [0.1, 0.15) is 5.69 Å². The van der Waals surface area contributed by atoms with Gasteiger partial charge in [0.25, 0.3) is 11.6 Å². The van der Waals surface area contributed by atoms with Crippen molar-refractivity contribution in [3.63, 3.8) is 0 Å². The van der Waals surface area contributed by atoms with E-state index in [1.807, 2.05) is 37.3 Å². The summed E-state index contributed by atoms with van der Waals surface area (Å²) >= 11 is 0. The molecule has 8 heteroatoms. The molecule has 0 bridgehead atoms. The van der Waals surface area contributed by atoms with Gasteiger partial charge in [-0.05, 0) is 25.0 Å². The summed E-state index contributed by atoms with van der Waals surface area (Å²) in [4.78, 5) is 35.9. The molecule has 0 aliphatic heterocycles. The van der Waals surface area contributed by atoms with E-state index in [-0.39, 0.29) is 23.0 Å². The van der Waals surface area contributed by atoms with Crippen molar-refractivity contribution in [2.75, 3.05) is 6.54 Å². The molecule has 154 valence electrons. The first-order valence-electron chi connectivity index (χ1n) is 9.60. The van der Waals surface area contributed by atoms with E-state index in [4.69, 9.17) is 0 Å². The molecule has 0 aliphatic carbocycles. The molecule has 1 amide bonds. The number of hydrogen-bond acceptors (Lipinski definition) is 5. The van der Waals surface area contributed by atoms with Gasteiger partial charge in [-0.2, -0.15) is 5.10 Å². The van der Waals surface area contributed by atoms with Crippen molar-refractivity contribution in [3.8, 4) is 5.69 Å². The largest absolute Gasteiger partial charge is 0.350 e. The second-order valence-corrected chi connectivity index (χ2v) is 6.88. The summed E-state index contributed by atoms with van der Waals surface area (Å²) in [6, 6.07) is 17.1. The van der Waals surface area contributed by atoms with Crippen LogP contribution in [0, 0.1) is 17.0 Å². The van der Waals surface area contributed by atoms with Crippen LogP contribution in [-0.4, -0.2) is 27.2 Å². The van der Waals surface area contributed by atoms with Gasteiger partial charge in [0.05, 0.1) is 4.92 Å². The fourth-order valence-corrected chi connectivity index (χ4v) is 3.27. The summed E-state index contributed by atoms with van der Waals surface area (Å²) in [5.41, 5.74) is 0.660. The van der Waals surface area contributed by atoms with Crippen LogP contribution in [0.5, 0.6) is 0 Å². The van der Waals surface area contributed by atoms with Crippen molar-refractivity contribution in [1.82, 2.24) is 15.1 Å². The molecule has 1 atom stereocenters. The van der Waals surface area contributed by atoms with E-state index in [0.717, 1.165) is 12.0 Å². The van der Waals surface area contributed by atoms with Crippen LogP contribution in [0.3, 0.4) is 0 Å². The highest BCUT2D eigenvalue weighted by Crippen LogP contribution is 2.22. The maximum Gasteiger partial charge on any atom is 0.294 e. The predicted octanol–water partition coefficient (Wildman–Crippen LogP) is 3.37. The average molecular weight is 406 g/mol. The van der Waals surface area contributed by atoms with Gasteiger partial charge < -0.3 is 5.32 Å². The summed E-state index contributed by atoms with van der Waals surface area (Å²) in [7, 11) is 0. The van der Waals surface area contributed by atoms with E-state index in [1.165, 1.54) is 22.9 Å². The zero-order chi connectivity index (χ0) is 21.7. The number of benzene rings is 2. The minimum Gasteiger partial charge on any atom is -0.350 e. The fraction of sp³-hybridized carbons (Fsp3) is 0.227. The van der Waals surface area contributed by atoms with Gasteiger partial charge in [0, 0.05) is 30.3 Å². The van der Waals surface area contributed by atoms with Crippen molar-refractivity contribution in [2.24, 2.45) is 0 Å². The van der Waals surface area contributed by atoms with E-state index in [2.05, 4.69) is 10.4 Å². The minimum atomic E-state index is -0.610. The number of carbonyl (C=O) groups excluding carboxylic acids is 1. The summed E-state index contributed by atoms with van der Waals surface area (Å²) < 4.78 is 1.25. The van der Waals surface area contributed by atoms with Gasteiger partial charge in [0.2, 0.25) is 5.43 Å². The van der Waals surface area contributed by atoms with Gasteiger partial charge in [-0.15, -0.1) is 0 Å². The lowest BCUT2D eigenvalue weighted by atomic mass is 9.96. The number of aromatic nitrogens is 2. The SMILES string of the molecule is CC[C@H](CNC(=O)c1nn(-c2ccccc2[N+](=O)[O-])c(C)cc1=O)c1ccccc1. The van der Waals surface area contributed by atoms with Gasteiger partial charge in [-0.25, -0.2) is 4.68 Å². The molecule has 2 aromatic carbocycles. The van der Waals surface area contributed by atoms with E-state index in [9.17, 15) is 19.7 Å². The Hall–Kier alpha value is -3.81. The topological polar surface area (TPSA) is 107 Å². The zero-order valence-electron chi connectivity index (χ0n) is 16.7. The Balaban J connectivity index is 1.90. The van der Waals surface area contributed by atoms with Crippen molar-refractivity contribution < 1.29 is 9.72 Å². The molecule has 3 aromatic rings. The van der Waals surface area contributed by atoms with Crippen LogP contribution >= 0.6 is 0 Å². The molecule has 0 fully saturated rings. The highest BCUT2D eigenvalue weighted by Gasteiger charge is 2.20. The molecule has 0 spiro atoms. The predicted molar refractivity (Wildman–Crippen MR) is 113 cm³/mol. The quantitative estimate of drug-likeness (QED) is 0.478. The summed E-state index contributed by atoms with van der Waals surface area (Å²) in [6.07, 6.45) is 0.812. The maximum atomic E-state index is 12.7. The Labute approximate surface area is 173 Å². The molecular weight excluding hydrogens is 384 g/mol.